The molecule has 0 amide bonds. The lowest BCUT2D eigenvalue weighted by atomic mass is 9.96. The molecule has 1 rings (SSSR count). The van der Waals surface area contributed by atoms with Gasteiger partial charge in [-0.15, -0.1) is 0 Å². The minimum absolute atomic E-state index is 0.840. The largest absolute Gasteiger partial charge is 0.262 e. The normalized spacial score (nSPS) is 13.1. The molecule has 0 bridgehead atoms. The van der Waals surface area contributed by atoms with Crippen LogP contribution in [-0.2, 0) is 0 Å². The molecule has 1 heteroatoms. The van der Waals surface area contributed by atoms with Gasteiger partial charge in [0.2, 0.25) is 0 Å². The molecule has 0 aliphatic heterocycles. The highest BCUT2D eigenvalue weighted by molar-refractivity contribution is 5.99. The lowest BCUT2D eigenvalue weighted by molar-refractivity contribution is 1.30. The molecule has 19 heavy (non-hydrogen) atoms. The smallest absolute Gasteiger partial charge is 0.0401 e. The van der Waals surface area contributed by atoms with Crippen molar-refractivity contribution in [1.82, 2.24) is 0 Å². The van der Waals surface area contributed by atoms with Crippen LogP contribution in [-0.4, -0.2) is 5.71 Å². The van der Waals surface area contributed by atoms with Gasteiger partial charge in [-0.25, -0.2) is 0 Å². The maximum atomic E-state index is 4.35. The van der Waals surface area contributed by atoms with Crippen molar-refractivity contribution in [2.45, 2.75) is 34.1 Å². The molecule has 0 radical (unpaired) electrons. The number of hydrogen-bond acceptors (Lipinski definition) is 1. The van der Waals surface area contributed by atoms with Crippen LogP contribution in [0.5, 0.6) is 0 Å². The third-order valence-corrected chi connectivity index (χ3v) is 3.07. The van der Waals surface area contributed by atoms with E-state index < -0.39 is 0 Å². The van der Waals surface area contributed by atoms with E-state index in [4.69, 9.17) is 0 Å². The number of nitrogens with zero attached hydrogens (tertiary/aromatic N) is 1. The molecule has 0 aliphatic rings. The van der Waals surface area contributed by atoms with Gasteiger partial charge >= 0.3 is 0 Å². The first kappa shape index (κ1) is 15.2. The molecule has 1 aromatic carbocycles. The van der Waals surface area contributed by atoms with Crippen LogP contribution < -0.4 is 0 Å². The molecule has 0 spiro atoms. The van der Waals surface area contributed by atoms with Crippen molar-refractivity contribution in [1.29, 1.82) is 0 Å². The second kappa shape index (κ2) is 7.52. The molecular weight excluding hydrogens is 230 g/mol. The van der Waals surface area contributed by atoms with E-state index in [2.05, 4.69) is 55.8 Å². The molecule has 1 aromatic rings. The maximum absolute atomic E-state index is 4.35. The second-order valence-corrected chi connectivity index (χ2v) is 4.66. The first-order valence-corrected chi connectivity index (χ1v) is 6.64. The van der Waals surface area contributed by atoms with E-state index in [0.29, 0.717) is 0 Å². The van der Waals surface area contributed by atoms with Crippen LogP contribution in [0.1, 0.15) is 38.3 Å². The SMILES string of the molecule is C=C(C/C(=C\C)c1cccc(C)c1)C(C)=N/C=C\C. The summed E-state index contributed by atoms with van der Waals surface area (Å²) in [4.78, 5) is 4.35. The summed E-state index contributed by atoms with van der Waals surface area (Å²) in [5.41, 5.74) is 5.89. The van der Waals surface area contributed by atoms with E-state index in [-0.39, 0.29) is 0 Å². The Labute approximate surface area is 117 Å². The summed E-state index contributed by atoms with van der Waals surface area (Å²) in [7, 11) is 0. The van der Waals surface area contributed by atoms with E-state index >= 15 is 0 Å². The molecule has 0 saturated carbocycles. The van der Waals surface area contributed by atoms with Crippen LogP contribution in [0, 0.1) is 6.92 Å². The summed E-state index contributed by atoms with van der Waals surface area (Å²) >= 11 is 0. The van der Waals surface area contributed by atoms with Crippen molar-refractivity contribution in [2.24, 2.45) is 4.99 Å². The molecule has 0 saturated heterocycles. The minimum atomic E-state index is 0.840. The molecule has 0 fully saturated rings. The summed E-state index contributed by atoms with van der Waals surface area (Å²) in [6.45, 7) is 12.3. The zero-order valence-corrected chi connectivity index (χ0v) is 12.4. The third-order valence-electron chi connectivity index (χ3n) is 3.07. The zero-order chi connectivity index (χ0) is 14.3. The Morgan fingerprint density at radius 2 is 2.05 bits per heavy atom. The van der Waals surface area contributed by atoms with Crippen molar-refractivity contribution in [3.63, 3.8) is 0 Å². The van der Waals surface area contributed by atoms with Gasteiger partial charge in [0.1, 0.15) is 0 Å². The Balaban J connectivity index is 2.87. The van der Waals surface area contributed by atoms with Gasteiger partial charge in [0.05, 0.1) is 0 Å². The average molecular weight is 253 g/mol. The van der Waals surface area contributed by atoms with Crippen LogP contribution >= 0.6 is 0 Å². The highest BCUT2D eigenvalue weighted by Gasteiger charge is 2.05. The van der Waals surface area contributed by atoms with E-state index in [1.165, 1.54) is 16.7 Å². The number of aliphatic imine (C=N–C) groups is 1. The first-order chi connectivity index (χ1) is 9.08. The molecule has 0 aliphatic carbocycles. The van der Waals surface area contributed by atoms with E-state index in [1.807, 2.05) is 26.1 Å². The monoisotopic (exact) mass is 253 g/mol. The van der Waals surface area contributed by atoms with E-state index in [0.717, 1.165) is 17.7 Å². The summed E-state index contributed by atoms with van der Waals surface area (Å²) in [6.07, 6.45) is 6.73. The summed E-state index contributed by atoms with van der Waals surface area (Å²) in [5, 5.41) is 0. The van der Waals surface area contributed by atoms with Gasteiger partial charge in [-0.3, -0.25) is 4.99 Å². The number of allylic oxidation sites excluding steroid dienone is 4. The molecule has 0 unspecified atom stereocenters. The molecule has 0 heterocycles. The molecule has 0 N–H and O–H groups in total. The van der Waals surface area contributed by atoms with Gasteiger partial charge in [0.25, 0.3) is 0 Å². The van der Waals surface area contributed by atoms with Crippen molar-refractivity contribution >= 4 is 11.3 Å². The molecule has 0 atom stereocenters. The quantitative estimate of drug-likeness (QED) is 0.628. The average Bonchev–Trinajstić information content (AvgIpc) is 2.41. The number of aryl methyl sites for hydroxylation is 1. The Bertz CT molecular complexity index is 530. The molecule has 1 nitrogen and oxygen atoms in total. The lowest BCUT2D eigenvalue weighted by Gasteiger charge is -2.10. The summed E-state index contributed by atoms with van der Waals surface area (Å²) in [5.74, 6) is 0. The molecular formula is C18H23N. The van der Waals surface area contributed by atoms with Crippen LogP contribution in [0.15, 0.2) is 59.8 Å². The minimum Gasteiger partial charge on any atom is -0.262 e. The Kier molecular flexibility index (Phi) is 6.01. The molecule has 0 aromatic heterocycles. The Hall–Kier alpha value is -1.89. The van der Waals surface area contributed by atoms with Gasteiger partial charge in [0, 0.05) is 11.9 Å². The fourth-order valence-electron chi connectivity index (χ4n) is 1.85. The fraction of sp³-hybridized carbons (Fsp3) is 0.278. The van der Waals surface area contributed by atoms with Gasteiger partial charge in [-0.05, 0) is 50.8 Å². The predicted octanol–water partition coefficient (Wildman–Crippen LogP) is 5.34. The van der Waals surface area contributed by atoms with E-state index in [1.54, 1.807) is 0 Å². The Morgan fingerprint density at radius 1 is 1.32 bits per heavy atom. The van der Waals surface area contributed by atoms with Crippen molar-refractivity contribution in [3.05, 3.63) is 65.9 Å². The van der Waals surface area contributed by atoms with Gasteiger partial charge in [-0.1, -0.05) is 48.6 Å². The second-order valence-electron chi connectivity index (χ2n) is 4.66. The number of rotatable bonds is 5. The summed E-state index contributed by atoms with van der Waals surface area (Å²) < 4.78 is 0. The van der Waals surface area contributed by atoms with Crippen LogP contribution in [0.2, 0.25) is 0 Å². The zero-order valence-electron chi connectivity index (χ0n) is 12.4. The van der Waals surface area contributed by atoms with Crippen LogP contribution in [0.4, 0.5) is 0 Å². The van der Waals surface area contributed by atoms with Crippen LogP contribution in [0.3, 0.4) is 0 Å². The standard InChI is InChI=1S/C18H23N/c1-6-11-19-16(5)15(4)13-17(7-2)18-10-8-9-14(3)12-18/h6-12H,4,13H2,1-3,5H3/b11-6-,17-7+,19-16?. The van der Waals surface area contributed by atoms with E-state index in [9.17, 15) is 0 Å². The maximum Gasteiger partial charge on any atom is 0.0401 e. The summed E-state index contributed by atoms with van der Waals surface area (Å²) in [6, 6.07) is 8.57. The highest BCUT2D eigenvalue weighted by Crippen LogP contribution is 2.23. The topological polar surface area (TPSA) is 12.4 Å². The predicted molar refractivity (Wildman–Crippen MR) is 86.5 cm³/mol. The molecule has 100 valence electrons. The van der Waals surface area contributed by atoms with Gasteiger partial charge in [0.15, 0.2) is 0 Å². The third kappa shape index (κ3) is 4.70. The van der Waals surface area contributed by atoms with Crippen LogP contribution in [0.25, 0.3) is 5.57 Å². The van der Waals surface area contributed by atoms with Gasteiger partial charge < -0.3 is 0 Å². The van der Waals surface area contributed by atoms with Crippen molar-refractivity contribution in [3.8, 4) is 0 Å². The lowest BCUT2D eigenvalue weighted by Crippen LogP contribution is -1.97. The van der Waals surface area contributed by atoms with Gasteiger partial charge in [-0.2, -0.15) is 0 Å². The number of benzene rings is 1. The van der Waals surface area contributed by atoms with Crippen molar-refractivity contribution in [2.75, 3.05) is 0 Å². The highest BCUT2D eigenvalue weighted by atomic mass is 14.7. The first-order valence-electron chi connectivity index (χ1n) is 6.64. The number of hydrogen-bond donors (Lipinski definition) is 0. The fourth-order valence-corrected chi connectivity index (χ4v) is 1.85. The Morgan fingerprint density at radius 3 is 2.63 bits per heavy atom. The van der Waals surface area contributed by atoms with Crippen molar-refractivity contribution < 1.29 is 0 Å².